The summed E-state index contributed by atoms with van der Waals surface area (Å²) in [7, 11) is 0. The van der Waals surface area contributed by atoms with E-state index in [1.54, 1.807) is 0 Å². The highest BCUT2D eigenvalue weighted by molar-refractivity contribution is 5.88. The molecule has 43 heavy (non-hydrogen) atoms. The lowest BCUT2D eigenvalue weighted by atomic mass is 9.99. The van der Waals surface area contributed by atoms with E-state index in [2.05, 4.69) is 0 Å². The number of phenolic OH excluding ortho intramolecular Hbond substituents is 3. The number of fused-ring (bicyclic) bond motifs is 1. The Hall–Kier alpha value is -3.71. The fraction of sp³-hybridized carbons (Fsp3) is 0.444. The molecule has 0 unspecified atom stereocenters. The number of phenols is 3. The summed E-state index contributed by atoms with van der Waals surface area (Å²) >= 11 is 0. The van der Waals surface area contributed by atoms with Crippen LogP contribution in [-0.2, 0) is 9.47 Å². The normalized spacial score (nSPS) is 32.9. The smallest absolute Gasteiger partial charge is 0.239 e. The monoisotopic (exact) mass is 610 g/mol. The first-order valence-corrected chi connectivity index (χ1v) is 13.0. The van der Waals surface area contributed by atoms with Crippen LogP contribution >= 0.6 is 0 Å². The molecule has 1 aromatic heterocycles. The summed E-state index contributed by atoms with van der Waals surface area (Å²) in [5.41, 5.74) is -1.36. The maximum atomic E-state index is 13.7. The van der Waals surface area contributed by atoms with Crippen molar-refractivity contribution in [2.45, 2.75) is 68.3 Å². The zero-order valence-electron chi connectivity index (χ0n) is 22.3. The van der Waals surface area contributed by atoms with Crippen molar-refractivity contribution in [3.8, 4) is 40.1 Å². The Bertz CT molecular complexity index is 1540. The fourth-order valence-electron chi connectivity index (χ4n) is 4.81. The maximum Gasteiger partial charge on any atom is 0.239 e. The third kappa shape index (κ3) is 5.55. The second-order valence-corrected chi connectivity index (χ2v) is 10.2. The molecule has 5 rings (SSSR count). The predicted molar refractivity (Wildman–Crippen MR) is 140 cm³/mol. The van der Waals surface area contributed by atoms with Crippen molar-refractivity contribution in [2.24, 2.45) is 0 Å². The lowest BCUT2D eigenvalue weighted by Crippen LogP contribution is -2.60. The van der Waals surface area contributed by atoms with E-state index in [0.717, 1.165) is 24.3 Å². The van der Waals surface area contributed by atoms with Gasteiger partial charge in [0.25, 0.3) is 0 Å². The average Bonchev–Trinajstić information content (AvgIpc) is 2.97. The Morgan fingerprint density at radius 3 is 2.05 bits per heavy atom. The minimum atomic E-state index is -1.83. The molecule has 16 heteroatoms. The number of aromatic hydroxyl groups is 3. The Labute approximate surface area is 241 Å². The first-order chi connectivity index (χ1) is 20.3. The highest BCUT2D eigenvalue weighted by Crippen LogP contribution is 2.40. The minimum Gasteiger partial charge on any atom is -0.507 e. The molecule has 234 valence electrons. The van der Waals surface area contributed by atoms with E-state index in [4.69, 9.17) is 23.4 Å². The van der Waals surface area contributed by atoms with Gasteiger partial charge in [-0.3, -0.25) is 4.79 Å². The molecule has 2 fully saturated rings. The fourth-order valence-corrected chi connectivity index (χ4v) is 4.81. The number of benzene rings is 2. The molecule has 2 aliphatic heterocycles. The second kappa shape index (κ2) is 11.8. The number of rotatable bonds is 6. The summed E-state index contributed by atoms with van der Waals surface area (Å²) in [5, 5.41) is 101. The molecule has 10 atom stereocenters. The van der Waals surface area contributed by atoms with Crippen molar-refractivity contribution in [3.63, 3.8) is 0 Å². The van der Waals surface area contributed by atoms with E-state index in [1.807, 2.05) is 0 Å². The molecule has 0 spiro atoms. The summed E-state index contributed by atoms with van der Waals surface area (Å²) in [4.78, 5) is 13.7. The highest BCUT2D eigenvalue weighted by Gasteiger charge is 2.45. The van der Waals surface area contributed by atoms with Crippen LogP contribution in [0.5, 0.6) is 28.7 Å². The van der Waals surface area contributed by atoms with Crippen LogP contribution in [0.1, 0.15) is 6.92 Å². The molecule has 2 saturated heterocycles. The van der Waals surface area contributed by atoms with Crippen molar-refractivity contribution in [3.05, 3.63) is 40.6 Å². The number of aliphatic hydroxyl groups excluding tert-OH is 7. The lowest BCUT2D eigenvalue weighted by Gasteiger charge is -2.39. The molecule has 16 nitrogen and oxygen atoms in total. The molecule has 0 radical (unpaired) electrons. The minimum absolute atomic E-state index is 0.0250. The van der Waals surface area contributed by atoms with Crippen molar-refractivity contribution in [1.29, 1.82) is 0 Å². The third-order valence-electron chi connectivity index (χ3n) is 7.29. The van der Waals surface area contributed by atoms with E-state index < -0.39 is 102 Å². The predicted octanol–water partition coefficient (Wildman–Crippen LogP) is -2.04. The lowest BCUT2D eigenvalue weighted by molar-refractivity contribution is -0.277. The van der Waals surface area contributed by atoms with Crippen LogP contribution in [0.15, 0.2) is 39.5 Å². The Morgan fingerprint density at radius 1 is 0.744 bits per heavy atom. The Morgan fingerprint density at radius 2 is 1.40 bits per heavy atom. The molecular formula is C27H30O16. The summed E-state index contributed by atoms with van der Waals surface area (Å²) in [6.45, 7) is 0.670. The first kappa shape index (κ1) is 30.7. The summed E-state index contributed by atoms with van der Waals surface area (Å²) in [6.07, 6.45) is -15.9. The topological polar surface area (TPSA) is 269 Å². The van der Waals surface area contributed by atoms with Crippen LogP contribution in [-0.4, -0.2) is 119 Å². The van der Waals surface area contributed by atoms with E-state index in [9.17, 15) is 55.9 Å². The molecule has 2 aromatic carbocycles. The van der Waals surface area contributed by atoms with E-state index >= 15 is 0 Å². The van der Waals surface area contributed by atoms with Gasteiger partial charge in [0, 0.05) is 17.7 Å². The second-order valence-electron chi connectivity index (χ2n) is 10.2. The highest BCUT2D eigenvalue weighted by atomic mass is 16.7. The molecule has 0 amide bonds. The van der Waals surface area contributed by atoms with Gasteiger partial charge in [-0.15, -0.1) is 0 Å². The van der Waals surface area contributed by atoms with Crippen LogP contribution in [0.4, 0.5) is 0 Å². The van der Waals surface area contributed by atoms with Gasteiger partial charge in [-0.05, 0) is 25.1 Å². The quantitative estimate of drug-likeness (QED) is 0.135. The number of aliphatic hydroxyl groups is 7. The summed E-state index contributed by atoms with van der Waals surface area (Å²) in [5.74, 6) is -3.10. The summed E-state index contributed by atoms with van der Waals surface area (Å²) < 4.78 is 27.8. The molecule has 3 aromatic rings. The van der Waals surface area contributed by atoms with Gasteiger partial charge < -0.3 is 74.4 Å². The van der Waals surface area contributed by atoms with Gasteiger partial charge in [-0.25, -0.2) is 0 Å². The Kier molecular flexibility index (Phi) is 8.41. The molecule has 0 bridgehead atoms. The van der Waals surface area contributed by atoms with Gasteiger partial charge in [-0.1, -0.05) is 0 Å². The summed E-state index contributed by atoms with van der Waals surface area (Å²) in [6, 6.07) is 5.42. The van der Waals surface area contributed by atoms with Gasteiger partial charge in [0.1, 0.15) is 65.2 Å². The van der Waals surface area contributed by atoms with Crippen molar-refractivity contribution < 1.29 is 74.4 Å². The zero-order chi connectivity index (χ0) is 31.3. The molecular weight excluding hydrogens is 580 g/mol. The number of hydrogen-bond acceptors (Lipinski definition) is 16. The standard InChI is InChI=1S/C27H30O16/c1-8-17(32)20(35)22(37)26(39-8)43-25-19(34)16-13(31)5-10(40-27-23(38)21(36)18(33)15(7-28)42-27)6-14(16)41-24(25)9-2-3-11(29)12(30)4-9/h2-6,8,15,17-18,20-23,26-33,35-38H,7H2,1H3/t8-,15+,17-,18-,20+,21+,22+,23+,26+,27-/m0/s1. The number of ether oxygens (including phenoxy) is 4. The van der Waals surface area contributed by atoms with Crippen LogP contribution < -0.4 is 14.9 Å². The van der Waals surface area contributed by atoms with Crippen LogP contribution in [0.25, 0.3) is 22.3 Å². The van der Waals surface area contributed by atoms with Crippen LogP contribution in [0.3, 0.4) is 0 Å². The molecule has 2 aliphatic rings. The molecule has 3 heterocycles. The van der Waals surface area contributed by atoms with E-state index in [0.29, 0.717) is 0 Å². The first-order valence-electron chi connectivity index (χ1n) is 13.0. The van der Waals surface area contributed by atoms with Crippen LogP contribution in [0.2, 0.25) is 0 Å². The van der Waals surface area contributed by atoms with Gasteiger partial charge in [0.15, 0.2) is 17.3 Å². The van der Waals surface area contributed by atoms with Gasteiger partial charge in [0.2, 0.25) is 23.8 Å². The van der Waals surface area contributed by atoms with Crippen molar-refractivity contribution in [2.75, 3.05) is 6.61 Å². The van der Waals surface area contributed by atoms with Crippen LogP contribution in [0, 0.1) is 0 Å². The number of hydrogen-bond donors (Lipinski definition) is 10. The van der Waals surface area contributed by atoms with Gasteiger partial charge in [0.05, 0.1) is 12.7 Å². The van der Waals surface area contributed by atoms with Crippen molar-refractivity contribution >= 4 is 11.0 Å². The SMILES string of the molecule is C[C@@H]1O[C@H](Oc2c(-c3ccc(O)c(O)c3)oc3cc(O[C@H]4O[C@H](CO)[C@H](O)[C@@H](O)[C@H]4O)cc(O)c3c2=O)[C@H](O)[C@H](O)[C@H]1O. The average molecular weight is 611 g/mol. The van der Waals surface area contributed by atoms with E-state index in [-0.39, 0.29) is 22.7 Å². The van der Waals surface area contributed by atoms with Gasteiger partial charge >= 0.3 is 0 Å². The van der Waals surface area contributed by atoms with E-state index in [1.165, 1.54) is 13.0 Å². The maximum absolute atomic E-state index is 13.7. The molecule has 10 N–H and O–H groups in total. The molecule has 0 aliphatic carbocycles. The molecule has 0 saturated carbocycles. The van der Waals surface area contributed by atoms with Crippen molar-refractivity contribution in [1.82, 2.24) is 0 Å². The van der Waals surface area contributed by atoms with Gasteiger partial charge in [-0.2, -0.15) is 0 Å². The largest absolute Gasteiger partial charge is 0.507 e. The Balaban J connectivity index is 1.60. The zero-order valence-corrected chi connectivity index (χ0v) is 22.3. The third-order valence-corrected chi connectivity index (χ3v) is 7.29.